The molecule has 3 aromatic carbocycles. The van der Waals surface area contributed by atoms with Crippen LogP contribution in [0.4, 0.5) is 0 Å². The van der Waals surface area contributed by atoms with Crippen molar-refractivity contribution in [3.63, 3.8) is 0 Å². The van der Waals surface area contributed by atoms with Gasteiger partial charge in [0.15, 0.2) is 22.0 Å². The van der Waals surface area contributed by atoms with E-state index in [9.17, 15) is 8.42 Å². The van der Waals surface area contributed by atoms with Gasteiger partial charge in [-0.15, -0.1) is 0 Å². The summed E-state index contributed by atoms with van der Waals surface area (Å²) in [5, 5.41) is 0.632. The zero-order chi connectivity index (χ0) is 24.7. The van der Waals surface area contributed by atoms with E-state index in [1.54, 1.807) is 30.3 Å². The van der Waals surface area contributed by atoms with Gasteiger partial charge in [0.1, 0.15) is 11.5 Å². The van der Waals surface area contributed by atoms with Crippen molar-refractivity contribution in [2.45, 2.75) is 18.7 Å². The SMILES string of the molecule is Cc1cn(-c2ccc(-c3cccc(S(C)(=O)=O)c3)cc2-c2ncoc2-c2ccc(Cl)cc2)c(C)n1. The molecule has 2 aromatic heterocycles. The molecule has 5 aromatic rings. The highest BCUT2D eigenvalue weighted by Crippen LogP contribution is 2.38. The number of oxazole rings is 1. The molecule has 0 aliphatic rings. The van der Waals surface area contributed by atoms with Crippen LogP contribution in [0.2, 0.25) is 5.02 Å². The number of aromatic nitrogens is 3. The summed E-state index contributed by atoms with van der Waals surface area (Å²) >= 11 is 6.09. The van der Waals surface area contributed by atoms with Crippen molar-refractivity contribution < 1.29 is 12.8 Å². The van der Waals surface area contributed by atoms with Gasteiger partial charge in [-0.2, -0.15) is 0 Å². The normalized spacial score (nSPS) is 11.7. The van der Waals surface area contributed by atoms with Gasteiger partial charge in [0, 0.05) is 28.6 Å². The summed E-state index contributed by atoms with van der Waals surface area (Å²) < 4.78 is 32.1. The Hall–Kier alpha value is -3.68. The molecule has 0 aliphatic carbocycles. The second-order valence-electron chi connectivity index (χ2n) is 8.37. The van der Waals surface area contributed by atoms with Gasteiger partial charge >= 0.3 is 0 Å². The number of aryl methyl sites for hydroxylation is 2. The summed E-state index contributed by atoms with van der Waals surface area (Å²) in [4.78, 5) is 9.40. The number of imidazole rings is 1. The highest BCUT2D eigenvalue weighted by atomic mass is 35.5. The van der Waals surface area contributed by atoms with Crippen LogP contribution in [0, 0.1) is 13.8 Å². The van der Waals surface area contributed by atoms with Crippen LogP contribution < -0.4 is 0 Å². The van der Waals surface area contributed by atoms with E-state index >= 15 is 0 Å². The van der Waals surface area contributed by atoms with Crippen molar-refractivity contribution in [1.82, 2.24) is 14.5 Å². The number of nitrogens with zero attached hydrogens (tertiary/aromatic N) is 3. The first kappa shape index (κ1) is 23.1. The summed E-state index contributed by atoms with van der Waals surface area (Å²) in [6.07, 6.45) is 4.60. The maximum absolute atomic E-state index is 12.1. The van der Waals surface area contributed by atoms with Crippen molar-refractivity contribution in [1.29, 1.82) is 0 Å². The Balaban J connectivity index is 1.74. The third-order valence-corrected chi connectivity index (χ3v) is 7.15. The first-order chi connectivity index (χ1) is 16.7. The second kappa shape index (κ2) is 8.83. The third-order valence-electron chi connectivity index (χ3n) is 5.78. The van der Waals surface area contributed by atoms with Crippen molar-refractivity contribution >= 4 is 21.4 Å². The van der Waals surface area contributed by atoms with Crippen LogP contribution in [-0.2, 0) is 9.84 Å². The Morgan fingerprint density at radius 2 is 1.63 bits per heavy atom. The Bertz CT molecular complexity index is 1650. The van der Waals surface area contributed by atoms with Crippen LogP contribution in [-0.4, -0.2) is 29.2 Å². The molecule has 5 rings (SSSR count). The summed E-state index contributed by atoms with van der Waals surface area (Å²) in [7, 11) is -3.34. The molecule has 0 saturated heterocycles. The molecule has 0 saturated carbocycles. The fourth-order valence-corrected chi connectivity index (χ4v) is 4.92. The summed E-state index contributed by atoms with van der Waals surface area (Å²) in [5.41, 5.74) is 5.76. The molecule has 0 bridgehead atoms. The fourth-order valence-electron chi connectivity index (χ4n) is 4.13. The topological polar surface area (TPSA) is 78.0 Å². The largest absolute Gasteiger partial charge is 0.443 e. The highest BCUT2D eigenvalue weighted by molar-refractivity contribution is 7.90. The average Bonchev–Trinajstić information content (AvgIpc) is 3.45. The maximum atomic E-state index is 12.1. The van der Waals surface area contributed by atoms with Crippen LogP contribution in [0.15, 0.2) is 88.6 Å². The smallest absolute Gasteiger partial charge is 0.182 e. The Morgan fingerprint density at radius 1 is 0.914 bits per heavy atom. The first-order valence-corrected chi connectivity index (χ1v) is 13.1. The van der Waals surface area contributed by atoms with E-state index in [4.69, 9.17) is 16.0 Å². The van der Waals surface area contributed by atoms with E-state index in [1.807, 2.05) is 61.0 Å². The minimum Gasteiger partial charge on any atom is -0.443 e. The van der Waals surface area contributed by atoms with Crippen LogP contribution >= 0.6 is 11.6 Å². The molecule has 0 amide bonds. The summed E-state index contributed by atoms with van der Waals surface area (Å²) in [5.74, 6) is 1.45. The second-order valence-corrected chi connectivity index (χ2v) is 10.8. The molecule has 176 valence electrons. The molecule has 0 fully saturated rings. The van der Waals surface area contributed by atoms with Gasteiger partial charge in [-0.1, -0.05) is 29.8 Å². The van der Waals surface area contributed by atoms with E-state index in [0.29, 0.717) is 16.5 Å². The lowest BCUT2D eigenvalue weighted by Gasteiger charge is -2.14. The lowest BCUT2D eigenvalue weighted by Crippen LogP contribution is -2.00. The lowest BCUT2D eigenvalue weighted by molar-refractivity contribution is 0.572. The number of benzene rings is 3. The average molecular weight is 504 g/mol. The van der Waals surface area contributed by atoms with Crippen molar-refractivity contribution in [2.24, 2.45) is 0 Å². The molecular weight excluding hydrogens is 482 g/mol. The molecule has 0 radical (unpaired) electrons. The van der Waals surface area contributed by atoms with Crippen molar-refractivity contribution in [3.8, 4) is 39.4 Å². The molecule has 0 aliphatic heterocycles. The quantitative estimate of drug-likeness (QED) is 0.272. The molecule has 0 N–H and O–H groups in total. The minimum atomic E-state index is -3.34. The lowest BCUT2D eigenvalue weighted by atomic mass is 9.98. The van der Waals surface area contributed by atoms with E-state index in [1.165, 1.54) is 12.6 Å². The minimum absolute atomic E-state index is 0.269. The molecular formula is C27H22ClN3O3S. The van der Waals surface area contributed by atoms with E-state index in [-0.39, 0.29) is 4.90 Å². The fraction of sp³-hybridized carbons (Fsp3) is 0.111. The first-order valence-electron chi connectivity index (χ1n) is 10.9. The molecule has 6 nitrogen and oxygen atoms in total. The van der Waals surface area contributed by atoms with E-state index < -0.39 is 9.84 Å². The van der Waals surface area contributed by atoms with Gasteiger partial charge in [-0.25, -0.2) is 18.4 Å². The zero-order valence-electron chi connectivity index (χ0n) is 19.4. The predicted molar refractivity (Wildman–Crippen MR) is 138 cm³/mol. The molecule has 0 unspecified atom stereocenters. The molecule has 35 heavy (non-hydrogen) atoms. The predicted octanol–water partition coefficient (Wildman–Crippen LogP) is 6.54. The Kier molecular flexibility index (Phi) is 5.83. The molecule has 8 heteroatoms. The number of sulfone groups is 1. The monoisotopic (exact) mass is 503 g/mol. The van der Waals surface area contributed by atoms with Crippen LogP contribution in [0.5, 0.6) is 0 Å². The zero-order valence-corrected chi connectivity index (χ0v) is 20.9. The van der Waals surface area contributed by atoms with Crippen LogP contribution in [0.3, 0.4) is 0 Å². The highest BCUT2D eigenvalue weighted by Gasteiger charge is 2.20. The van der Waals surface area contributed by atoms with Gasteiger partial charge in [0.25, 0.3) is 0 Å². The Labute approximate surface area is 208 Å². The summed E-state index contributed by atoms with van der Waals surface area (Å²) in [6, 6.07) is 20.3. The van der Waals surface area contributed by atoms with E-state index in [0.717, 1.165) is 39.5 Å². The van der Waals surface area contributed by atoms with Gasteiger partial charge in [0.2, 0.25) is 0 Å². The maximum Gasteiger partial charge on any atom is 0.182 e. The van der Waals surface area contributed by atoms with Gasteiger partial charge in [-0.3, -0.25) is 0 Å². The third kappa shape index (κ3) is 4.52. The van der Waals surface area contributed by atoms with Gasteiger partial charge in [-0.05, 0) is 73.5 Å². The number of hydrogen-bond acceptors (Lipinski definition) is 5. The van der Waals surface area contributed by atoms with Crippen LogP contribution in [0.1, 0.15) is 11.5 Å². The standard InChI is InChI=1S/C27H22ClN3O3S/c1-17-15-31(18(2)30-17)25-12-9-21(20-5-4-6-23(13-20)35(3,32)33)14-24(25)26-27(34-16-29-26)19-7-10-22(28)11-8-19/h4-16H,1-3H3. The number of halogens is 1. The molecule has 0 atom stereocenters. The summed E-state index contributed by atoms with van der Waals surface area (Å²) in [6.45, 7) is 3.90. The van der Waals surface area contributed by atoms with Gasteiger partial charge in [0.05, 0.1) is 16.3 Å². The van der Waals surface area contributed by atoms with Gasteiger partial charge < -0.3 is 8.98 Å². The van der Waals surface area contributed by atoms with Crippen molar-refractivity contribution in [3.05, 3.63) is 95.9 Å². The number of hydrogen-bond donors (Lipinski definition) is 0. The van der Waals surface area contributed by atoms with E-state index in [2.05, 4.69) is 9.97 Å². The molecule has 0 spiro atoms. The van der Waals surface area contributed by atoms with Crippen LogP contribution in [0.25, 0.3) is 39.4 Å². The van der Waals surface area contributed by atoms with Crippen molar-refractivity contribution in [2.75, 3.05) is 6.26 Å². The number of rotatable bonds is 5. The molecule has 2 heterocycles. The Morgan fingerprint density at radius 3 is 2.31 bits per heavy atom.